The Morgan fingerprint density at radius 3 is 1.52 bits per heavy atom. The topological polar surface area (TPSA) is 85.6 Å². The highest BCUT2D eigenvalue weighted by Gasteiger charge is 2.38. The molecule has 0 N–H and O–H groups in total. The van der Waals surface area contributed by atoms with Gasteiger partial charge in [-0.1, -0.05) is 152 Å². The molecule has 0 amide bonds. The molecule has 84 heavy (non-hydrogen) atoms. The van der Waals surface area contributed by atoms with Gasteiger partial charge in [0.25, 0.3) is 0 Å². The second kappa shape index (κ2) is 18.4. The lowest BCUT2D eigenvalue weighted by Gasteiger charge is -2.28. The molecule has 4 aliphatic heterocycles. The first-order valence-corrected chi connectivity index (χ1v) is 29.1. The number of hydrogen-bond acceptors (Lipinski definition) is 8. The van der Waals surface area contributed by atoms with Gasteiger partial charge in [-0.15, -0.1) is 0 Å². The zero-order valence-electron chi connectivity index (χ0n) is 47.7. The van der Waals surface area contributed by atoms with Crippen LogP contribution in [-0.4, -0.2) is 27.6 Å². The van der Waals surface area contributed by atoms with Crippen LogP contribution in [0.3, 0.4) is 0 Å². The van der Waals surface area contributed by atoms with Crippen molar-refractivity contribution < 1.29 is 0 Å². The Bertz CT molecular complexity index is 5060. The molecule has 0 radical (unpaired) electrons. The third-order valence-corrected chi connectivity index (χ3v) is 17.1. The second-order valence-corrected chi connectivity index (χ2v) is 24.1. The second-order valence-electron chi connectivity index (χ2n) is 24.1. The Hall–Kier alpha value is -10.1. The van der Waals surface area contributed by atoms with E-state index in [-0.39, 0.29) is 6.04 Å². The average molecular weight is 1090 g/mol. The van der Waals surface area contributed by atoms with Gasteiger partial charge in [0.05, 0.1) is 50.2 Å². The molecule has 5 heterocycles. The first-order valence-electron chi connectivity index (χ1n) is 29.1. The molecule has 1 aliphatic carbocycles. The van der Waals surface area contributed by atoms with Crippen molar-refractivity contribution in [2.75, 3.05) is 9.80 Å². The smallest absolute Gasteiger partial charge is 0.146 e. The van der Waals surface area contributed by atoms with Gasteiger partial charge in [0.15, 0.2) is 0 Å². The van der Waals surface area contributed by atoms with Gasteiger partial charge in [-0.05, 0) is 165 Å². The van der Waals surface area contributed by atoms with Crippen LogP contribution in [0.2, 0.25) is 0 Å². The highest BCUT2D eigenvalue weighted by Crippen LogP contribution is 2.49. The van der Waals surface area contributed by atoms with E-state index in [1.54, 1.807) is 0 Å². The molecule has 5 aliphatic rings. The van der Waals surface area contributed by atoms with Crippen molar-refractivity contribution in [3.05, 3.63) is 274 Å². The molecule has 9 heteroatoms. The molecular weight excluding hydrogens is 1030 g/mol. The first-order chi connectivity index (χ1) is 40.8. The summed E-state index contributed by atoms with van der Waals surface area (Å²) in [7, 11) is 0. The molecule has 2 unspecified atom stereocenters. The quantitative estimate of drug-likeness (QED) is 0.144. The molecule has 2 atom stereocenters. The van der Waals surface area contributed by atoms with Crippen LogP contribution >= 0.6 is 0 Å². The number of fused-ring (bicyclic) bond motifs is 9. The molecule has 1 aromatic heterocycles. The summed E-state index contributed by atoms with van der Waals surface area (Å²) in [5, 5.41) is 7.43. The fourth-order valence-corrected chi connectivity index (χ4v) is 13.5. The van der Waals surface area contributed by atoms with E-state index in [0.717, 1.165) is 93.8 Å². The Labute approximate surface area is 487 Å². The number of para-hydroxylation sites is 4. The minimum Gasteiger partial charge on any atom is -0.333 e. The Balaban J connectivity index is 0.794. The predicted octanol–water partition coefficient (Wildman–Crippen LogP) is 14.6. The molecule has 404 valence electrons. The number of anilines is 5. The molecule has 0 spiro atoms. The van der Waals surface area contributed by atoms with Gasteiger partial charge < -0.3 is 14.4 Å². The van der Waals surface area contributed by atoms with Crippen molar-refractivity contribution in [1.29, 1.82) is 0 Å². The summed E-state index contributed by atoms with van der Waals surface area (Å²) in [6, 6.07) is 77.0. The van der Waals surface area contributed by atoms with Gasteiger partial charge in [0, 0.05) is 44.9 Å². The number of allylic oxidation sites excluding steroid dienone is 2. The van der Waals surface area contributed by atoms with Gasteiger partial charge >= 0.3 is 0 Å². The van der Waals surface area contributed by atoms with Gasteiger partial charge in [0.2, 0.25) is 0 Å². The molecule has 9 nitrogen and oxygen atoms in total. The molecule has 0 saturated heterocycles. The fraction of sp³-hybridized carbons (Fsp3) is 0.147. The van der Waals surface area contributed by atoms with E-state index in [1.165, 1.54) is 44.3 Å². The number of rotatable bonds is 9. The standard InChI is InChI=1S/C75H59N9/c1-73(2)76-60-24-17-27-64(70(60)79-73)84(65-42-39-54(68-71(65)80-74(3,4)77-68)48-32-28-46(29-33-48)50-37-41-63-59(44-50)57-23-14-16-26-62(57)82(63)52-18-9-7-10-19-52)66-43-40-55(69-72(66)81-75(5,6)78-69)49-34-30-47(31-35-49)51-36-38-58-56-22-13-15-25-61(56)83(67(58)45-51)53-20-11-8-12-21-53/h7-45,56,61H,1-6H3. The monoisotopic (exact) mass is 1090 g/mol. The van der Waals surface area contributed by atoms with Crippen molar-refractivity contribution in [1.82, 2.24) is 4.57 Å². The highest BCUT2D eigenvalue weighted by atomic mass is 15.2. The minimum absolute atomic E-state index is 0.236. The minimum atomic E-state index is -0.721. The Morgan fingerprint density at radius 2 is 0.869 bits per heavy atom. The third-order valence-electron chi connectivity index (χ3n) is 17.1. The van der Waals surface area contributed by atoms with Crippen LogP contribution in [-0.2, 0) is 0 Å². The highest BCUT2D eigenvalue weighted by molar-refractivity contribution is 6.10. The van der Waals surface area contributed by atoms with Crippen molar-refractivity contribution in [3.8, 4) is 50.2 Å². The summed E-state index contributed by atoms with van der Waals surface area (Å²) in [6.07, 6.45) is 9.02. The van der Waals surface area contributed by atoms with Gasteiger partial charge in [0.1, 0.15) is 33.1 Å². The van der Waals surface area contributed by atoms with Crippen molar-refractivity contribution in [2.45, 2.75) is 70.5 Å². The van der Waals surface area contributed by atoms with Gasteiger partial charge in [-0.3, -0.25) is 30.0 Å². The number of hydrogen-bond donors (Lipinski definition) is 0. The van der Waals surface area contributed by atoms with Crippen molar-refractivity contribution in [2.24, 2.45) is 30.0 Å². The SMILES string of the molecule is CC1(C)N=c2cccc(N(c3ccc(-c4ccc(-c5ccc6c(c5)N(c5ccccc5)C5C=CC=CC65)cc4)c4c3=NC(C)(C)N=4)c3ccc(-c4ccc(-c5ccc6c(c5)c5ccccc5n6-c5ccccc5)cc4)c4c3=NC(C)(C)N=4)c2=N1. The fourth-order valence-electron chi connectivity index (χ4n) is 13.5. The Morgan fingerprint density at radius 1 is 0.369 bits per heavy atom. The van der Waals surface area contributed by atoms with Crippen LogP contribution in [0.15, 0.2) is 267 Å². The van der Waals surface area contributed by atoms with E-state index >= 15 is 0 Å². The van der Waals surface area contributed by atoms with E-state index in [2.05, 4.69) is 293 Å². The molecule has 0 fully saturated rings. The first kappa shape index (κ1) is 49.7. The third kappa shape index (κ3) is 8.04. The molecule has 11 aromatic rings. The van der Waals surface area contributed by atoms with E-state index in [1.807, 2.05) is 0 Å². The lowest BCUT2D eigenvalue weighted by atomic mass is 9.90. The number of benzene rings is 10. The van der Waals surface area contributed by atoms with Crippen LogP contribution in [0.1, 0.15) is 53.0 Å². The molecular formula is C75H59N9. The lowest BCUT2D eigenvalue weighted by molar-refractivity contribution is 0.549. The summed E-state index contributed by atoms with van der Waals surface area (Å²) in [4.78, 5) is 36.9. The summed E-state index contributed by atoms with van der Waals surface area (Å²) >= 11 is 0. The van der Waals surface area contributed by atoms with Crippen LogP contribution in [0, 0.1) is 0 Å². The summed E-state index contributed by atoms with van der Waals surface area (Å²) in [5.74, 6) is 0.302. The maximum Gasteiger partial charge on any atom is 0.146 e. The summed E-state index contributed by atoms with van der Waals surface area (Å²) in [6.45, 7) is 12.4. The van der Waals surface area contributed by atoms with E-state index in [4.69, 9.17) is 30.0 Å². The van der Waals surface area contributed by atoms with Crippen molar-refractivity contribution in [3.63, 3.8) is 0 Å². The van der Waals surface area contributed by atoms with Crippen LogP contribution in [0.4, 0.5) is 28.4 Å². The predicted molar refractivity (Wildman–Crippen MR) is 340 cm³/mol. The lowest BCUT2D eigenvalue weighted by Crippen LogP contribution is -2.38. The zero-order chi connectivity index (χ0) is 56.6. The van der Waals surface area contributed by atoms with Crippen LogP contribution < -0.4 is 41.9 Å². The molecule has 0 bridgehead atoms. The average Bonchev–Trinajstić information content (AvgIpc) is 1.80. The van der Waals surface area contributed by atoms with E-state index in [0.29, 0.717) is 5.92 Å². The molecule has 16 rings (SSSR count). The normalized spacial score (nSPS) is 17.7. The number of nitrogens with zero attached hydrogens (tertiary/aromatic N) is 9. The number of aromatic nitrogens is 1. The molecule has 0 saturated carbocycles. The maximum absolute atomic E-state index is 5.46. The van der Waals surface area contributed by atoms with E-state index < -0.39 is 17.0 Å². The van der Waals surface area contributed by atoms with Gasteiger partial charge in [-0.2, -0.15) is 0 Å². The van der Waals surface area contributed by atoms with Crippen LogP contribution in [0.5, 0.6) is 0 Å². The van der Waals surface area contributed by atoms with Crippen molar-refractivity contribution >= 4 is 50.2 Å². The van der Waals surface area contributed by atoms with Gasteiger partial charge in [-0.25, -0.2) is 0 Å². The van der Waals surface area contributed by atoms with E-state index in [9.17, 15) is 0 Å². The Kier molecular flexibility index (Phi) is 10.9. The summed E-state index contributed by atoms with van der Waals surface area (Å²) < 4.78 is 2.36. The molecule has 10 aromatic carbocycles. The maximum atomic E-state index is 5.46. The summed E-state index contributed by atoms with van der Waals surface area (Å²) in [5.41, 5.74) is 16.7. The largest absolute Gasteiger partial charge is 0.333 e. The van der Waals surface area contributed by atoms with Crippen LogP contribution in [0.25, 0.3) is 72.0 Å². The zero-order valence-corrected chi connectivity index (χ0v) is 47.7.